The zero-order valence-electron chi connectivity index (χ0n) is 20.3. The van der Waals surface area contributed by atoms with E-state index in [9.17, 15) is 4.79 Å². The summed E-state index contributed by atoms with van der Waals surface area (Å²) in [4.78, 5) is 12.3. The maximum absolute atomic E-state index is 15.5. The molecule has 1 aliphatic heterocycles. The van der Waals surface area contributed by atoms with Crippen LogP contribution in [0.3, 0.4) is 0 Å². The highest BCUT2D eigenvalue weighted by Crippen LogP contribution is 2.31. The van der Waals surface area contributed by atoms with Crippen molar-refractivity contribution in [3.63, 3.8) is 0 Å². The molecule has 0 unspecified atom stereocenters. The van der Waals surface area contributed by atoms with Gasteiger partial charge < -0.3 is 23.7 Å². The largest absolute Gasteiger partial charge is 0.456 e. The molecule has 3 aromatic carbocycles. The van der Waals surface area contributed by atoms with E-state index in [0.717, 1.165) is 16.7 Å². The van der Waals surface area contributed by atoms with Crippen molar-refractivity contribution in [2.75, 3.05) is 12.5 Å². The van der Waals surface area contributed by atoms with Crippen molar-refractivity contribution >= 4 is 17.6 Å². The molecule has 4 rings (SSSR count). The molecule has 0 aliphatic carbocycles. The maximum Gasteiger partial charge on any atom is 0.321 e. The lowest BCUT2D eigenvalue weighted by molar-refractivity contribution is -0.292. The SMILES string of the molecule is O=C(CCl)O[C@@H]1[C@H](OCc2ccccc2)[C@@H](OCc2ccccc2)[C@H](F)O[C@@H]1COCc1ccccc1. The van der Waals surface area contributed by atoms with E-state index in [1.807, 2.05) is 91.0 Å². The second kappa shape index (κ2) is 14.2. The monoisotopic (exact) mass is 528 g/mol. The van der Waals surface area contributed by atoms with Crippen LogP contribution in [0.2, 0.25) is 0 Å². The summed E-state index contributed by atoms with van der Waals surface area (Å²) in [5, 5.41) is 0. The van der Waals surface area contributed by atoms with Crippen molar-refractivity contribution in [3.8, 4) is 0 Å². The molecule has 0 N–H and O–H groups in total. The summed E-state index contributed by atoms with van der Waals surface area (Å²) in [5.74, 6) is -1.04. The van der Waals surface area contributed by atoms with Gasteiger partial charge in [-0.05, 0) is 16.7 Å². The average Bonchev–Trinajstić information content (AvgIpc) is 2.94. The Kier molecular flexibility index (Phi) is 10.5. The fraction of sp³-hybridized carbons (Fsp3) is 0.345. The van der Waals surface area contributed by atoms with E-state index in [4.69, 9.17) is 35.3 Å². The molecule has 1 saturated heterocycles. The number of hydrogen-bond acceptors (Lipinski definition) is 6. The average molecular weight is 529 g/mol. The predicted octanol–water partition coefficient (Wildman–Crippen LogP) is 5.22. The number of carbonyl (C=O) groups excluding carboxylic acids is 1. The first-order chi connectivity index (χ1) is 18.1. The van der Waals surface area contributed by atoms with Crippen LogP contribution in [0.25, 0.3) is 0 Å². The van der Waals surface area contributed by atoms with E-state index >= 15 is 4.39 Å². The van der Waals surface area contributed by atoms with Crippen LogP contribution in [0.4, 0.5) is 4.39 Å². The van der Waals surface area contributed by atoms with E-state index in [2.05, 4.69) is 0 Å². The van der Waals surface area contributed by atoms with Crippen LogP contribution in [0.15, 0.2) is 91.0 Å². The highest BCUT2D eigenvalue weighted by Gasteiger charge is 2.50. The van der Waals surface area contributed by atoms with Gasteiger partial charge in [0.2, 0.25) is 6.36 Å². The normalized spacial score (nSPS) is 23.5. The summed E-state index contributed by atoms with van der Waals surface area (Å²) in [5.41, 5.74) is 2.69. The molecule has 0 aromatic heterocycles. The number of rotatable bonds is 12. The molecule has 37 heavy (non-hydrogen) atoms. The van der Waals surface area contributed by atoms with Crippen LogP contribution in [0, 0.1) is 0 Å². The van der Waals surface area contributed by atoms with E-state index in [1.54, 1.807) is 0 Å². The van der Waals surface area contributed by atoms with Gasteiger partial charge in [-0.25, -0.2) is 4.39 Å². The standard InChI is InChI=1S/C29H30ClFO6/c30-16-25(32)37-26-24(20-33-17-21-10-4-1-5-11-21)36-29(31)28(35-19-23-14-8-3-9-15-23)27(26)34-18-22-12-6-2-7-13-22/h1-15,24,26-29H,16-20H2/t24-,26+,27+,28-,29-/m1/s1. The molecule has 0 radical (unpaired) electrons. The maximum atomic E-state index is 15.5. The molecule has 0 saturated carbocycles. The summed E-state index contributed by atoms with van der Waals surface area (Å²) >= 11 is 5.74. The molecule has 5 atom stereocenters. The first kappa shape index (κ1) is 27.2. The Morgan fingerprint density at radius 3 is 1.73 bits per heavy atom. The third kappa shape index (κ3) is 8.09. The van der Waals surface area contributed by atoms with Gasteiger partial charge in [0.15, 0.2) is 6.10 Å². The zero-order valence-corrected chi connectivity index (χ0v) is 21.0. The van der Waals surface area contributed by atoms with Crippen molar-refractivity contribution in [2.45, 2.75) is 50.6 Å². The number of esters is 1. The van der Waals surface area contributed by atoms with E-state index in [1.165, 1.54) is 0 Å². The van der Waals surface area contributed by atoms with Gasteiger partial charge >= 0.3 is 5.97 Å². The lowest BCUT2D eigenvalue weighted by Crippen LogP contribution is -2.60. The van der Waals surface area contributed by atoms with Crippen LogP contribution < -0.4 is 0 Å². The minimum Gasteiger partial charge on any atom is -0.456 e. The Bertz CT molecular complexity index is 1070. The molecular weight excluding hydrogens is 499 g/mol. The van der Waals surface area contributed by atoms with Gasteiger partial charge in [-0.1, -0.05) is 91.0 Å². The third-order valence-electron chi connectivity index (χ3n) is 5.92. The van der Waals surface area contributed by atoms with Gasteiger partial charge in [0.1, 0.15) is 24.2 Å². The van der Waals surface area contributed by atoms with Gasteiger partial charge in [0, 0.05) is 0 Å². The minimum absolute atomic E-state index is 0.0217. The predicted molar refractivity (Wildman–Crippen MR) is 137 cm³/mol. The lowest BCUT2D eigenvalue weighted by Gasteiger charge is -2.43. The smallest absolute Gasteiger partial charge is 0.321 e. The van der Waals surface area contributed by atoms with Gasteiger partial charge in [0.05, 0.1) is 26.4 Å². The van der Waals surface area contributed by atoms with Crippen LogP contribution in [-0.4, -0.2) is 49.2 Å². The Morgan fingerprint density at radius 1 is 0.730 bits per heavy atom. The molecular formula is C29H30ClFO6. The summed E-state index contributed by atoms with van der Waals surface area (Å²) in [6, 6.07) is 28.4. The van der Waals surface area contributed by atoms with Gasteiger partial charge in [-0.2, -0.15) is 0 Å². The van der Waals surface area contributed by atoms with Crippen molar-refractivity contribution in [2.24, 2.45) is 0 Å². The van der Waals surface area contributed by atoms with Crippen molar-refractivity contribution < 1.29 is 32.9 Å². The number of hydrogen-bond donors (Lipinski definition) is 0. The van der Waals surface area contributed by atoms with Gasteiger partial charge in [0.25, 0.3) is 0 Å². The summed E-state index contributed by atoms with van der Waals surface area (Å²) in [7, 11) is 0. The molecule has 196 valence electrons. The zero-order chi connectivity index (χ0) is 25.9. The van der Waals surface area contributed by atoms with E-state index in [0.29, 0.717) is 0 Å². The number of alkyl halides is 2. The third-order valence-corrected chi connectivity index (χ3v) is 6.14. The Hall–Kier alpha value is -2.81. The molecule has 6 nitrogen and oxygen atoms in total. The Morgan fingerprint density at radius 2 is 1.22 bits per heavy atom. The molecule has 1 fully saturated rings. The fourth-order valence-corrected chi connectivity index (χ4v) is 4.15. The molecule has 0 bridgehead atoms. The molecule has 3 aromatic rings. The Balaban J connectivity index is 1.52. The van der Waals surface area contributed by atoms with Crippen molar-refractivity contribution in [1.29, 1.82) is 0 Å². The quantitative estimate of drug-likeness (QED) is 0.237. The first-order valence-corrected chi connectivity index (χ1v) is 12.6. The molecule has 8 heteroatoms. The second-order valence-corrected chi connectivity index (χ2v) is 8.90. The summed E-state index contributed by atoms with van der Waals surface area (Å²) in [6.07, 6.45) is -5.88. The van der Waals surface area contributed by atoms with E-state index < -0.39 is 36.7 Å². The van der Waals surface area contributed by atoms with Crippen LogP contribution in [0.5, 0.6) is 0 Å². The van der Waals surface area contributed by atoms with E-state index in [-0.39, 0.29) is 32.3 Å². The molecule has 1 aliphatic rings. The van der Waals surface area contributed by atoms with Crippen molar-refractivity contribution in [3.05, 3.63) is 108 Å². The molecule has 0 spiro atoms. The lowest BCUT2D eigenvalue weighted by atomic mass is 9.98. The van der Waals surface area contributed by atoms with Crippen LogP contribution in [-0.2, 0) is 48.3 Å². The highest BCUT2D eigenvalue weighted by atomic mass is 35.5. The van der Waals surface area contributed by atoms with Crippen molar-refractivity contribution in [1.82, 2.24) is 0 Å². The fourth-order valence-electron chi connectivity index (χ4n) is 4.09. The summed E-state index contributed by atoms with van der Waals surface area (Å²) < 4.78 is 44.7. The highest BCUT2D eigenvalue weighted by molar-refractivity contribution is 6.26. The van der Waals surface area contributed by atoms with Gasteiger partial charge in [-0.15, -0.1) is 11.6 Å². The summed E-state index contributed by atoms with van der Waals surface area (Å²) in [6.45, 7) is 0.561. The number of ether oxygens (including phenoxy) is 5. The van der Waals surface area contributed by atoms with Crippen LogP contribution >= 0.6 is 11.6 Å². The van der Waals surface area contributed by atoms with Crippen LogP contribution in [0.1, 0.15) is 16.7 Å². The van der Waals surface area contributed by atoms with Gasteiger partial charge in [-0.3, -0.25) is 4.79 Å². The number of benzene rings is 3. The molecule has 1 heterocycles. The number of carbonyl (C=O) groups is 1. The number of halogens is 2. The second-order valence-electron chi connectivity index (χ2n) is 8.64. The first-order valence-electron chi connectivity index (χ1n) is 12.1. The minimum atomic E-state index is -1.83. The topological polar surface area (TPSA) is 63.2 Å². The molecule has 0 amide bonds. The Labute approximate surface area is 221 Å².